The molecule has 0 bridgehead atoms. The third-order valence-corrected chi connectivity index (χ3v) is 6.66. The molecule has 1 atom stereocenters. The molecule has 5 rings (SSSR count). The number of benzene rings is 3. The average molecular weight is 471 g/mol. The quantitative estimate of drug-likeness (QED) is 0.295. The van der Waals surface area contributed by atoms with E-state index < -0.39 is 6.10 Å². The molecule has 172 valence electrons. The molecule has 4 aromatic rings. The van der Waals surface area contributed by atoms with E-state index in [1.807, 2.05) is 72.5 Å². The normalized spacial score (nSPS) is 15.1. The number of aromatic nitrogens is 1. The predicted molar refractivity (Wildman–Crippen MR) is 137 cm³/mol. The SMILES string of the molecule is Cc1cccc(OCCCN2C(=O)C(C)Oc3ccc(-c4csc(-c5ccccc5)n4)cc32)c1. The number of carbonyl (C=O) groups is 1. The van der Waals surface area contributed by atoms with Gasteiger partial charge in [-0.1, -0.05) is 42.5 Å². The van der Waals surface area contributed by atoms with E-state index >= 15 is 0 Å². The van der Waals surface area contributed by atoms with Crippen molar-refractivity contribution in [2.75, 3.05) is 18.1 Å². The van der Waals surface area contributed by atoms with Crippen molar-refractivity contribution in [1.29, 1.82) is 0 Å². The Balaban J connectivity index is 1.34. The molecule has 2 heterocycles. The number of hydrogen-bond donors (Lipinski definition) is 0. The molecule has 1 unspecified atom stereocenters. The number of hydrogen-bond acceptors (Lipinski definition) is 5. The summed E-state index contributed by atoms with van der Waals surface area (Å²) in [4.78, 5) is 19.6. The molecule has 0 aliphatic carbocycles. The van der Waals surface area contributed by atoms with Crippen LogP contribution in [0.2, 0.25) is 0 Å². The lowest BCUT2D eigenvalue weighted by atomic mass is 10.1. The highest BCUT2D eigenvalue weighted by Gasteiger charge is 2.31. The summed E-state index contributed by atoms with van der Waals surface area (Å²) in [5, 5.41) is 3.03. The second-order valence-corrected chi connectivity index (χ2v) is 9.21. The van der Waals surface area contributed by atoms with Gasteiger partial charge in [-0.25, -0.2) is 4.98 Å². The van der Waals surface area contributed by atoms with Gasteiger partial charge in [-0.3, -0.25) is 4.79 Å². The zero-order valence-corrected chi connectivity index (χ0v) is 20.0. The summed E-state index contributed by atoms with van der Waals surface area (Å²) in [6, 6.07) is 24.1. The van der Waals surface area contributed by atoms with Gasteiger partial charge in [0.25, 0.3) is 5.91 Å². The summed E-state index contributed by atoms with van der Waals surface area (Å²) < 4.78 is 11.8. The van der Waals surface area contributed by atoms with Gasteiger partial charge in [-0.2, -0.15) is 0 Å². The van der Waals surface area contributed by atoms with Gasteiger partial charge in [0.1, 0.15) is 16.5 Å². The number of nitrogens with zero attached hydrogens (tertiary/aromatic N) is 2. The van der Waals surface area contributed by atoms with Gasteiger partial charge in [0.05, 0.1) is 18.0 Å². The zero-order valence-electron chi connectivity index (χ0n) is 19.2. The van der Waals surface area contributed by atoms with Gasteiger partial charge in [0, 0.05) is 23.1 Å². The lowest BCUT2D eigenvalue weighted by molar-refractivity contribution is -0.125. The number of rotatable bonds is 7. The van der Waals surface area contributed by atoms with E-state index in [1.165, 1.54) is 0 Å². The minimum atomic E-state index is -0.514. The number of thiazole rings is 1. The Kier molecular flexibility index (Phi) is 6.32. The van der Waals surface area contributed by atoms with Crippen molar-refractivity contribution in [3.63, 3.8) is 0 Å². The minimum absolute atomic E-state index is 0.0385. The molecule has 0 spiro atoms. The van der Waals surface area contributed by atoms with Crippen molar-refractivity contribution in [3.8, 4) is 33.3 Å². The molecule has 6 heteroatoms. The predicted octanol–water partition coefficient (Wildman–Crippen LogP) is 6.37. The van der Waals surface area contributed by atoms with Gasteiger partial charge < -0.3 is 14.4 Å². The Hall–Kier alpha value is -3.64. The molecular weight excluding hydrogens is 444 g/mol. The summed E-state index contributed by atoms with van der Waals surface area (Å²) in [7, 11) is 0. The van der Waals surface area contributed by atoms with Crippen LogP contribution >= 0.6 is 11.3 Å². The molecule has 0 radical (unpaired) electrons. The largest absolute Gasteiger partial charge is 0.494 e. The molecule has 1 aliphatic rings. The molecule has 0 N–H and O–H groups in total. The summed E-state index contributed by atoms with van der Waals surface area (Å²) >= 11 is 1.61. The zero-order chi connectivity index (χ0) is 23.5. The fourth-order valence-corrected chi connectivity index (χ4v) is 4.87. The Morgan fingerprint density at radius 1 is 1.03 bits per heavy atom. The molecule has 0 saturated heterocycles. The van der Waals surface area contributed by atoms with E-state index in [9.17, 15) is 4.79 Å². The fraction of sp³-hybridized carbons (Fsp3) is 0.214. The summed E-state index contributed by atoms with van der Waals surface area (Å²) in [6.45, 7) is 4.92. The van der Waals surface area contributed by atoms with Crippen LogP contribution in [0.5, 0.6) is 11.5 Å². The second kappa shape index (κ2) is 9.69. The van der Waals surface area contributed by atoms with Gasteiger partial charge in [0.2, 0.25) is 0 Å². The van der Waals surface area contributed by atoms with E-state index in [2.05, 4.69) is 17.5 Å². The van der Waals surface area contributed by atoms with E-state index in [4.69, 9.17) is 14.5 Å². The summed E-state index contributed by atoms with van der Waals surface area (Å²) in [5.41, 5.74) is 4.89. The van der Waals surface area contributed by atoms with Crippen molar-refractivity contribution in [2.24, 2.45) is 0 Å². The lowest BCUT2D eigenvalue weighted by Gasteiger charge is -2.33. The van der Waals surface area contributed by atoms with Crippen LogP contribution in [0.4, 0.5) is 5.69 Å². The standard InChI is InChI=1S/C28H26N2O3S/c1-19-8-6-11-23(16-19)32-15-7-14-30-25-17-22(12-13-26(25)33-20(2)28(30)31)24-18-34-27(29-24)21-9-4-3-5-10-21/h3-6,8-13,16-18,20H,7,14-15H2,1-2H3. The van der Waals surface area contributed by atoms with Crippen LogP contribution in [0.3, 0.4) is 0 Å². The average Bonchev–Trinajstić information content (AvgIpc) is 3.35. The number of carbonyl (C=O) groups excluding carboxylic acids is 1. The lowest BCUT2D eigenvalue weighted by Crippen LogP contribution is -2.45. The molecule has 1 aromatic heterocycles. The Labute approximate surface area is 203 Å². The first-order valence-electron chi connectivity index (χ1n) is 11.4. The number of ether oxygens (including phenoxy) is 2. The minimum Gasteiger partial charge on any atom is -0.494 e. The smallest absolute Gasteiger partial charge is 0.267 e. The molecule has 1 aliphatic heterocycles. The van der Waals surface area contributed by atoms with Crippen LogP contribution in [0.15, 0.2) is 78.2 Å². The maximum absolute atomic E-state index is 13.0. The topological polar surface area (TPSA) is 51.7 Å². The maximum atomic E-state index is 13.0. The van der Waals surface area contributed by atoms with E-state index in [-0.39, 0.29) is 5.91 Å². The Bertz CT molecular complexity index is 1300. The Morgan fingerprint density at radius 3 is 2.71 bits per heavy atom. The molecule has 0 fully saturated rings. The van der Waals surface area contributed by atoms with Crippen molar-refractivity contribution in [2.45, 2.75) is 26.4 Å². The van der Waals surface area contributed by atoms with Crippen LogP contribution < -0.4 is 14.4 Å². The highest BCUT2D eigenvalue weighted by molar-refractivity contribution is 7.13. The van der Waals surface area contributed by atoms with E-state index in [1.54, 1.807) is 18.3 Å². The van der Waals surface area contributed by atoms with Crippen molar-refractivity contribution in [1.82, 2.24) is 4.98 Å². The van der Waals surface area contributed by atoms with Crippen molar-refractivity contribution < 1.29 is 14.3 Å². The van der Waals surface area contributed by atoms with Crippen LogP contribution in [0.1, 0.15) is 18.9 Å². The molecule has 5 nitrogen and oxygen atoms in total. The number of aryl methyl sites for hydroxylation is 1. The highest BCUT2D eigenvalue weighted by atomic mass is 32.1. The molecule has 3 aromatic carbocycles. The summed E-state index contributed by atoms with van der Waals surface area (Å²) in [5.74, 6) is 1.53. The van der Waals surface area contributed by atoms with Crippen LogP contribution in [-0.2, 0) is 4.79 Å². The molecule has 34 heavy (non-hydrogen) atoms. The fourth-order valence-electron chi connectivity index (χ4n) is 4.03. The van der Waals surface area contributed by atoms with Gasteiger partial charge >= 0.3 is 0 Å². The van der Waals surface area contributed by atoms with Gasteiger partial charge in [-0.05, 0) is 56.2 Å². The van der Waals surface area contributed by atoms with Crippen LogP contribution in [0, 0.1) is 6.92 Å². The second-order valence-electron chi connectivity index (χ2n) is 8.35. The number of fused-ring (bicyclic) bond motifs is 1. The maximum Gasteiger partial charge on any atom is 0.267 e. The number of anilines is 1. The van der Waals surface area contributed by atoms with Crippen LogP contribution in [-0.4, -0.2) is 30.1 Å². The molecule has 0 saturated carbocycles. The Morgan fingerprint density at radius 2 is 1.88 bits per heavy atom. The van der Waals surface area contributed by atoms with Crippen LogP contribution in [0.25, 0.3) is 21.8 Å². The van der Waals surface area contributed by atoms with Gasteiger partial charge in [-0.15, -0.1) is 11.3 Å². The van der Waals surface area contributed by atoms with E-state index in [0.717, 1.165) is 38.8 Å². The summed E-state index contributed by atoms with van der Waals surface area (Å²) in [6.07, 6.45) is 0.199. The first-order chi connectivity index (χ1) is 16.6. The molecule has 1 amide bonds. The van der Waals surface area contributed by atoms with Gasteiger partial charge in [0.15, 0.2) is 6.10 Å². The third-order valence-electron chi connectivity index (χ3n) is 5.77. The number of amides is 1. The van der Waals surface area contributed by atoms with E-state index in [0.29, 0.717) is 25.3 Å². The highest BCUT2D eigenvalue weighted by Crippen LogP contribution is 2.38. The first-order valence-corrected chi connectivity index (χ1v) is 12.3. The third kappa shape index (κ3) is 4.68. The van der Waals surface area contributed by atoms with Crippen molar-refractivity contribution in [3.05, 3.63) is 83.7 Å². The van der Waals surface area contributed by atoms with Crippen molar-refractivity contribution >= 4 is 22.9 Å². The first kappa shape index (κ1) is 22.2. The monoisotopic (exact) mass is 470 g/mol. The molecular formula is C28H26N2O3S.